The standard InChI is InChI=1S/C14H17BrO/c1-10(2)8-13(16)9-14(15)12-6-4-11(3)5-7-12/h4-7,9,13,16H,1,8H2,2-3H3/b14-9-. The Morgan fingerprint density at radius 2 is 2.00 bits per heavy atom. The second-order valence-corrected chi connectivity index (χ2v) is 4.96. The predicted octanol–water partition coefficient (Wildman–Crippen LogP) is 4.06. The topological polar surface area (TPSA) is 20.2 Å². The summed E-state index contributed by atoms with van der Waals surface area (Å²) in [6.45, 7) is 7.75. The van der Waals surface area contributed by atoms with Crippen LogP contribution in [-0.2, 0) is 0 Å². The van der Waals surface area contributed by atoms with E-state index in [0.29, 0.717) is 6.42 Å². The van der Waals surface area contributed by atoms with Crippen molar-refractivity contribution in [2.24, 2.45) is 0 Å². The molecule has 0 heterocycles. The Morgan fingerprint density at radius 1 is 1.44 bits per heavy atom. The molecule has 0 saturated heterocycles. The van der Waals surface area contributed by atoms with Crippen LogP contribution in [0.5, 0.6) is 0 Å². The first-order chi connectivity index (χ1) is 7.49. The van der Waals surface area contributed by atoms with Crippen molar-refractivity contribution in [1.29, 1.82) is 0 Å². The van der Waals surface area contributed by atoms with Crippen LogP contribution in [0.2, 0.25) is 0 Å². The van der Waals surface area contributed by atoms with E-state index in [1.807, 2.05) is 19.1 Å². The average Bonchev–Trinajstić information content (AvgIpc) is 2.16. The number of aryl methyl sites for hydroxylation is 1. The number of rotatable bonds is 4. The van der Waals surface area contributed by atoms with Crippen molar-refractivity contribution in [3.05, 3.63) is 53.6 Å². The molecule has 86 valence electrons. The molecule has 16 heavy (non-hydrogen) atoms. The fourth-order valence-electron chi connectivity index (χ4n) is 1.39. The van der Waals surface area contributed by atoms with Gasteiger partial charge in [-0.05, 0) is 31.9 Å². The lowest BCUT2D eigenvalue weighted by Crippen LogP contribution is -2.02. The molecule has 0 bridgehead atoms. The highest BCUT2D eigenvalue weighted by atomic mass is 79.9. The molecule has 0 fully saturated rings. The van der Waals surface area contributed by atoms with E-state index in [1.54, 1.807) is 6.08 Å². The van der Waals surface area contributed by atoms with Gasteiger partial charge in [-0.25, -0.2) is 0 Å². The zero-order valence-corrected chi connectivity index (χ0v) is 11.3. The van der Waals surface area contributed by atoms with Crippen molar-refractivity contribution in [1.82, 2.24) is 0 Å². The van der Waals surface area contributed by atoms with Crippen molar-refractivity contribution in [3.8, 4) is 0 Å². The van der Waals surface area contributed by atoms with Gasteiger partial charge in [-0.1, -0.05) is 51.3 Å². The maximum absolute atomic E-state index is 9.74. The molecule has 1 aromatic carbocycles. The molecule has 0 amide bonds. The highest BCUT2D eigenvalue weighted by Crippen LogP contribution is 2.23. The number of hydrogen-bond donors (Lipinski definition) is 1. The van der Waals surface area contributed by atoms with Gasteiger partial charge in [0.1, 0.15) is 0 Å². The zero-order valence-electron chi connectivity index (χ0n) is 9.70. The average molecular weight is 281 g/mol. The minimum Gasteiger partial charge on any atom is -0.389 e. The van der Waals surface area contributed by atoms with E-state index in [2.05, 4.69) is 41.6 Å². The van der Waals surface area contributed by atoms with Crippen LogP contribution in [0.25, 0.3) is 4.48 Å². The van der Waals surface area contributed by atoms with Gasteiger partial charge in [0.2, 0.25) is 0 Å². The number of hydrogen-bond acceptors (Lipinski definition) is 1. The van der Waals surface area contributed by atoms with Gasteiger partial charge in [-0.15, -0.1) is 6.58 Å². The van der Waals surface area contributed by atoms with Gasteiger partial charge in [-0.3, -0.25) is 0 Å². The quantitative estimate of drug-likeness (QED) is 0.825. The fourth-order valence-corrected chi connectivity index (χ4v) is 1.96. The van der Waals surface area contributed by atoms with Crippen LogP contribution >= 0.6 is 15.9 Å². The Morgan fingerprint density at radius 3 is 2.50 bits per heavy atom. The molecular formula is C14H17BrO. The highest BCUT2D eigenvalue weighted by Gasteiger charge is 2.03. The summed E-state index contributed by atoms with van der Waals surface area (Å²) in [4.78, 5) is 0. The Labute approximate surface area is 106 Å². The minimum absolute atomic E-state index is 0.479. The van der Waals surface area contributed by atoms with Crippen LogP contribution in [0, 0.1) is 6.92 Å². The molecule has 1 N–H and O–H groups in total. The lowest BCUT2D eigenvalue weighted by atomic mass is 10.1. The van der Waals surface area contributed by atoms with Crippen LogP contribution in [-0.4, -0.2) is 11.2 Å². The molecule has 1 aromatic rings. The van der Waals surface area contributed by atoms with Gasteiger partial charge in [0.15, 0.2) is 0 Å². The van der Waals surface area contributed by atoms with E-state index in [9.17, 15) is 5.11 Å². The Hall–Kier alpha value is -0.860. The second-order valence-electron chi connectivity index (χ2n) is 4.11. The molecule has 0 radical (unpaired) electrons. The Kier molecular flexibility index (Phi) is 4.97. The van der Waals surface area contributed by atoms with Gasteiger partial charge >= 0.3 is 0 Å². The largest absolute Gasteiger partial charge is 0.389 e. The van der Waals surface area contributed by atoms with Gasteiger partial charge < -0.3 is 5.11 Å². The molecule has 0 aliphatic heterocycles. The molecule has 1 nitrogen and oxygen atoms in total. The van der Waals surface area contributed by atoms with E-state index in [0.717, 1.165) is 15.6 Å². The van der Waals surface area contributed by atoms with Crippen molar-refractivity contribution in [2.75, 3.05) is 0 Å². The third kappa shape index (κ3) is 4.33. The normalized spacial score (nSPS) is 13.6. The lowest BCUT2D eigenvalue weighted by molar-refractivity contribution is 0.224. The van der Waals surface area contributed by atoms with E-state index in [-0.39, 0.29) is 0 Å². The summed E-state index contributed by atoms with van der Waals surface area (Å²) in [6, 6.07) is 8.16. The molecule has 0 saturated carbocycles. The molecule has 0 aliphatic carbocycles. The molecule has 1 atom stereocenters. The first kappa shape index (κ1) is 13.2. The summed E-state index contributed by atoms with van der Waals surface area (Å²) in [5, 5.41) is 9.74. The van der Waals surface area contributed by atoms with Crippen LogP contribution in [0.3, 0.4) is 0 Å². The number of halogens is 1. The summed E-state index contributed by atoms with van der Waals surface area (Å²) in [5.74, 6) is 0. The first-order valence-corrected chi connectivity index (χ1v) is 6.05. The fraction of sp³-hybridized carbons (Fsp3) is 0.286. The van der Waals surface area contributed by atoms with Crippen LogP contribution < -0.4 is 0 Å². The molecule has 1 unspecified atom stereocenters. The zero-order chi connectivity index (χ0) is 12.1. The number of benzene rings is 1. The van der Waals surface area contributed by atoms with Crippen molar-refractivity contribution < 1.29 is 5.11 Å². The van der Waals surface area contributed by atoms with Crippen LogP contribution in [0.4, 0.5) is 0 Å². The maximum Gasteiger partial charge on any atom is 0.0771 e. The van der Waals surface area contributed by atoms with Crippen LogP contribution in [0.1, 0.15) is 24.5 Å². The van der Waals surface area contributed by atoms with Crippen molar-refractivity contribution >= 4 is 20.4 Å². The third-order valence-corrected chi connectivity index (χ3v) is 2.95. The third-order valence-electron chi connectivity index (χ3n) is 2.22. The first-order valence-electron chi connectivity index (χ1n) is 5.26. The van der Waals surface area contributed by atoms with E-state index < -0.39 is 6.10 Å². The number of aliphatic hydroxyl groups excluding tert-OH is 1. The molecule has 0 aromatic heterocycles. The molecule has 2 heteroatoms. The van der Waals surface area contributed by atoms with Crippen LogP contribution in [0.15, 0.2) is 42.5 Å². The van der Waals surface area contributed by atoms with Crippen molar-refractivity contribution in [3.63, 3.8) is 0 Å². The van der Waals surface area contributed by atoms with Crippen molar-refractivity contribution in [2.45, 2.75) is 26.4 Å². The lowest BCUT2D eigenvalue weighted by Gasteiger charge is -2.07. The molecule has 1 rings (SSSR count). The Balaban J connectivity index is 2.76. The van der Waals surface area contributed by atoms with E-state index in [4.69, 9.17) is 0 Å². The predicted molar refractivity (Wildman–Crippen MR) is 73.5 cm³/mol. The molecule has 0 aliphatic rings. The van der Waals surface area contributed by atoms with E-state index >= 15 is 0 Å². The summed E-state index contributed by atoms with van der Waals surface area (Å²) in [5.41, 5.74) is 3.28. The SMILES string of the molecule is C=C(C)CC(O)/C=C(\Br)c1ccc(C)cc1. The maximum atomic E-state index is 9.74. The molecule has 0 spiro atoms. The van der Waals surface area contributed by atoms with Gasteiger partial charge in [0.05, 0.1) is 6.10 Å². The minimum atomic E-state index is -0.479. The number of aliphatic hydroxyl groups is 1. The second kappa shape index (κ2) is 6.02. The summed E-state index contributed by atoms with van der Waals surface area (Å²) >= 11 is 3.47. The van der Waals surface area contributed by atoms with Gasteiger partial charge in [0.25, 0.3) is 0 Å². The highest BCUT2D eigenvalue weighted by molar-refractivity contribution is 9.15. The monoisotopic (exact) mass is 280 g/mol. The summed E-state index contributed by atoms with van der Waals surface area (Å²) in [7, 11) is 0. The molecular weight excluding hydrogens is 264 g/mol. The summed E-state index contributed by atoms with van der Waals surface area (Å²) < 4.78 is 0.918. The van der Waals surface area contributed by atoms with Gasteiger partial charge in [0, 0.05) is 4.48 Å². The van der Waals surface area contributed by atoms with E-state index in [1.165, 1.54) is 5.56 Å². The summed E-state index contributed by atoms with van der Waals surface area (Å²) in [6.07, 6.45) is 1.92. The smallest absolute Gasteiger partial charge is 0.0771 e. The Bertz CT molecular complexity index is 390. The van der Waals surface area contributed by atoms with Gasteiger partial charge in [-0.2, -0.15) is 0 Å².